The molecule has 3 heteroatoms. The van der Waals surface area contributed by atoms with Crippen LogP contribution in [0.25, 0.3) is 0 Å². The fraction of sp³-hybridized carbons (Fsp3) is 0.533. The molecule has 0 fully saturated rings. The molecule has 0 heterocycles. The Morgan fingerprint density at radius 1 is 1.22 bits per heavy atom. The van der Waals surface area contributed by atoms with E-state index in [1.807, 2.05) is 38.1 Å². The van der Waals surface area contributed by atoms with Crippen molar-refractivity contribution >= 4 is 5.97 Å². The number of hydrogen-bond acceptors (Lipinski definition) is 2. The Bertz CT molecular complexity index is 363. The monoisotopic (exact) mass is 251 g/mol. The van der Waals surface area contributed by atoms with Crippen LogP contribution in [0, 0.1) is 0 Å². The second-order valence-electron chi connectivity index (χ2n) is 5.10. The second kappa shape index (κ2) is 7.17. The molecule has 1 aromatic carbocycles. The van der Waals surface area contributed by atoms with Crippen molar-refractivity contribution in [3.05, 3.63) is 35.4 Å². The van der Waals surface area contributed by atoms with Crippen molar-refractivity contribution in [2.45, 2.75) is 52.5 Å². The topological polar surface area (TPSA) is 63.3 Å². The summed E-state index contributed by atoms with van der Waals surface area (Å²) in [5, 5.41) is 8.70. The molecular formula is C15H25NO2. The Morgan fingerprint density at radius 3 is 2.00 bits per heavy atom. The van der Waals surface area contributed by atoms with Crippen LogP contribution in [-0.4, -0.2) is 17.1 Å². The standard InChI is InChI=1S/C13H19NO2.C2H6/c1-13(2,3)10-6-4-9(5-7-10)8-11(14)12(15)16;1-2/h4-7,11H,8,14H2,1-3H3,(H,15,16);1-2H3. The van der Waals surface area contributed by atoms with Crippen molar-refractivity contribution in [1.29, 1.82) is 0 Å². The van der Waals surface area contributed by atoms with E-state index in [2.05, 4.69) is 20.8 Å². The number of rotatable bonds is 3. The van der Waals surface area contributed by atoms with Gasteiger partial charge in [0.2, 0.25) is 0 Å². The fourth-order valence-corrected chi connectivity index (χ4v) is 1.48. The summed E-state index contributed by atoms with van der Waals surface area (Å²) >= 11 is 0. The molecule has 0 aliphatic heterocycles. The Morgan fingerprint density at radius 2 is 1.67 bits per heavy atom. The molecule has 0 saturated carbocycles. The predicted molar refractivity (Wildman–Crippen MR) is 75.8 cm³/mol. The average molecular weight is 251 g/mol. The number of benzene rings is 1. The van der Waals surface area contributed by atoms with Crippen molar-refractivity contribution in [2.24, 2.45) is 5.73 Å². The molecule has 0 radical (unpaired) electrons. The first-order valence-corrected chi connectivity index (χ1v) is 6.38. The van der Waals surface area contributed by atoms with E-state index >= 15 is 0 Å². The van der Waals surface area contributed by atoms with Gasteiger partial charge >= 0.3 is 5.97 Å². The van der Waals surface area contributed by atoms with Gasteiger partial charge in [-0.1, -0.05) is 58.9 Å². The molecule has 3 N–H and O–H groups in total. The van der Waals surface area contributed by atoms with Crippen LogP contribution in [-0.2, 0) is 16.6 Å². The molecule has 0 amide bonds. The van der Waals surface area contributed by atoms with Crippen molar-refractivity contribution in [1.82, 2.24) is 0 Å². The first kappa shape index (κ1) is 16.6. The first-order chi connectivity index (χ1) is 8.30. The third-order valence-electron chi connectivity index (χ3n) is 2.59. The van der Waals surface area contributed by atoms with Crippen LogP contribution in [0.2, 0.25) is 0 Å². The molecule has 3 nitrogen and oxygen atoms in total. The number of aliphatic carboxylic acids is 1. The van der Waals surface area contributed by atoms with Crippen LogP contribution in [0.3, 0.4) is 0 Å². The molecular weight excluding hydrogens is 226 g/mol. The smallest absolute Gasteiger partial charge is 0.320 e. The predicted octanol–water partition coefficient (Wildman–Crippen LogP) is 2.96. The van der Waals surface area contributed by atoms with Gasteiger partial charge in [-0.2, -0.15) is 0 Å². The molecule has 102 valence electrons. The molecule has 1 aromatic rings. The van der Waals surface area contributed by atoms with Crippen LogP contribution in [0.15, 0.2) is 24.3 Å². The Hall–Kier alpha value is -1.35. The van der Waals surface area contributed by atoms with Gasteiger partial charge in [0.05, 0.1) is 0 Å². The van der Waals surface area contributed by atoms with Gasteiger partial charge in [-0.25, -0.2) is 0 Å². The molecule has 0 spiro atoms. The number of carboxylic acid groups (broad SMARTS) is 1. The van der Waals surface area contributed by atoms with Crippen molar-refractivity contribution in [3.63, 3.8) is 0 Å². The maximum Gasteiger partial charge on any atom is 0.320 e. The minimum atomic E-state index is -0.958. The van der Waals surface area contributed by atoms with Gasteiger partial charge in [0.15, 0.2) is 0 Å². The lowest BCUT2D eigenvalue weighted by Gasteiger charge is -2.19. The highest BCUT2D eigenvalue weighted by atomic mass is 16.4. The van der Waals surface area contributed by atoms with Gasteiger partial charge < -0.3 is 10.8 Å². The quantitative estimate of drug-likeness (QED) is 0.868. The lowest BCUT2D eigenvalue weighted by Crippen LogP contribution is -2.32. The summed E-state index contributed by atoms with van der Waals surface area (Å²) in [5.41, 5.74) is 7.79. The van der Waals surface area contributed by atoms with Gasteiger partial charge in [-0.15, -0.1) is 0 Å². The van der Waals surface area contributed by atoms with Crippen LogP contribution < -0.4 is 5.73 Å². The van der Waals surface area contributed by atoms with E-state index in [1.165, 1.54) is 5.56 Å². The highest BCUT2D eigenvalue weighted by Crippen LogP contribution is 2.22. The summed E-state index contributed by atoms with van der Waals surface area (Å²) in [6, 6.07) is 7.14. The summed E-state index contributed by atoms with van der Waals surface area (Å²) in [5.74, 6) is -0.958. The minimum absolute atomic E-state index is 0.118. The van der Waals surface area contributed by atoms with Crippen LogP contribution in [0.5, 0.6) is 0 Å². The van der Waals surface area contributed by atoms with E-state index in [4.69, 9.17) is 10.8 Å². The van der Waals surface area contributed by atoms with Gasteiger partial charge in [0, 0.05) is 0 Å². The molecule has 0 aliphatic rings. The van der Waals surface area contributed by atoms with E-state index in [9.17, 15) is 4.79 Å². The van der Waals surface area contributed by atoms with Gasteiger partial charge in [-0.3, -0.25) is 4.79 Å². The van der Waals surface area contributed by atoms with Gasteiger partial charge in [0.25, 0.3) is 0 Å². The molecule has 1 rings (SSSR count). The zero-order valence-corrected chi connectivity index (χ0v) is 12.0. The third kappa shape index (κ3) is 5.32. The zero-order chi connectivity index (χ0) is 14.3. The number of carboxylic acids is 1. The van der Waals surface area contributed by atoms with E-state index in [-0.39, 0.29) is 5.41 Å². The highest BCUT2D eigenvalue weighted by molar-refractivity contribution is 5.73. The summed E-state index contributed by atoms with van der Waals surface area (Å²) in [6.45, 7) is 10.4. The molecule has 18 heavy (non-hydrogen) atoms. The first-order valence-electron chi connectivity index (χ1n) is 6.38. The van der Waals surface area contributed by atoms with Gasteiger partial charge in [0.1, 0.15) is 6.04 Å². The summed E-state index contributed by atoms with van der Waals surface area (Å²) < 4.78 is 0. The number of hydrogen-bond donors (Lipinski definition) is 2. The average Bonchev–Trinajstić information content (AvgIpc) is 2.31. The van der Waals surface area contributed by atoms with Crippen molar-refractivity contribution in [2.75, 3.05) is 0 Å². The van der Waals surface area contributed by atoms with E-state index < -0.39 is 12.0 Å². The summed E-state index contributed by atoms with van der Waals surface area (Å²) in [4.78, 5) is 10.6. The number of nitrogens with two attached hydrogens (primary N) is 1. The maximum atomic E-state index is 10.6. The SMILES string of the molecule is CC.CC(C)(C)c1ccc(CC(N)C(=O)O)cc1. The summed E-state index contributed by atoms with van der Waals surface area (Å²) in [6.07, 6.45) is 0.375. The molecule has 0 aromatic heterocycles. The fourth-order valence-electron chi connectivity index (χ4n) is 1.48. The Labute approximate surface area is 110 Å². The van der Waals surface area contributed by atoms with E-state index in [1.54, 1.807) is 0 Å². The molecule has 0 saturated heterocycles. The zero-order valence-electron chi connectivity index (χ0n) is 12.0. The lowest BCUT2D eigenvalue weighted by molar-refractivity contribution is -0.138. The van der Waals surface area contributed by atoms with Crippen LogP contribution in [0.4, 0.5) is 0 Å². The lowest BCUT2D eigenvalue weighted by atomic mass is 9.86. The molecule has 1 unspecified atom stereocenters. The van der Waals surface area contributed by atoms with Crippen LogP contribution >= 0.6 is 0 Å². The molecule has 0 aliphatic carbocycles. The van der Waals surface area contributed by atoms with Crippen molar-refractivity contribution in [3.8, 4) is 0 Å². The normalized spacial score (nSPS) is 12.3. The second-order valence-corrected chi connectivity index (χ2v) is 5.10. The summed E-state index contributed by atoms with van der Waals surface area (Å²) in [7, 11) is 0. The van der Waals surface area contributed by atoms with Gasteiger partial charge in [-0.05, 0) is 23.0 Å². The Kier molecular flexibility index (Phi) is 6.63. The third-order valence-corrected chi connectivity index (χ3v) is 2.59. The molecule has 0 bridgehead atoms. The van der Waals surface area contributed by atoms with Crippen LogP contribution in [0.1, 0.15) is 45.7 Å². The van der Waals surface area contributed by atoms with E-state index in [0.29, 0.717) is 6.42 Å². The minimum Gasteiger partial charge on any atom is -0.480 e. The highest BCUT2D eigenvalue weighted by Gasteiger charge is 2.15. The Balaban J connectivity index is 0.00000137. The van der Waals surface area contributed by atoms with E-state index in [0.717, 1.165) is 5.56 Å². The largest absolute Gasteiger partial charge is 0.480 e. The number of carbonyl (C=O) groups is 1. The molecule has 1 atom stereocenters. The van der Waals surface area contributed by atoms with Crippen molar-refractivity contribution < 1.29 is 9.90 Å². The maximum absolute atomic E-state index is 10.6.